The molecule has 0 aliphatic rings. The zero-order chi connectivity index (χ0) is 18.0. The Morgan fingerprint density at radius 3 is 2.44 bits per heavy atom. The van der Waals surface area contributed by atoms with Gasteiger partial charge < -0.3 is 10.2 Å². The molecular weight excluding hydrogens is 346 g/mol. The van der Waals surface area contributed by atoms with Crippen molar-refractivity contribution >= 4 is 45.4 Å². The number of nitro groups is 1. The van der Waals surface area contributed by atoms with Gasteiger partial charge in [0, 0.05) is 23.8 Å². The SMILES string of the molecule is CCN(CC)c1cc(Nc2ccc(Cl)cc2)c([N+](=O)[O-])c2nonc12. The Kier molecular flexibility index (Phi) is 4.71. The van der Waals surface area contributed by atoms with Crippen LogP contribution in [0.4, 0.5) is 22.7 Å². The molecule has 8 nitrogen and oxygen atoms in total. The molecule has 0 bridgehead atoms. The van der Waals surface area contributed by atoms with E-state index in [1.54, 1.807) is 30.3 Å². The van der Waals surface area contributed by atoms with E-state index in [2.05, 4.69) is 15.6 Å². The Morgan fingerprint density at radius 2 is 1.84 bits per heavy atom. The lowest BCUT2D eigenvalue weighted by molar-refractivity contribution is -0.382. The average molecular weight is 362 g/mol. The van der Waals surface area contributed by atoms with Crippen molar-refractivity contribution in [3.05, 3.63) is 45.5 Å². The van der Waals surface area contributed by atoms with Crippen LogP contribution >= 0.6 is 11.6 Å². The molecule has 25 heavy (non-hydrogen) atoms. The van der Waals surface area contributed by atoms with Crippen LogP contribution in [0.15, 0.2) is 35.0 Å². The highest BCUT2D eigenvalue weighted by Gasteiger charge is 2.27. The number of aromatic nitrogens is 2. The predicted molar refractivity (Wildman–Crippen MR) is 96.8 cm³/mol. The third kappa shape index (κ3) is 3.20. The Bertz CT molecular complexity index is 906. The van der Waals surface area contributed by atoms with Gasteiger partial charge in [-0.1, -0.05) is 11.6 Å². The number of nitrogens with one attached hydrogen (secondary N) is 1. The smallest absolute Gasteiger partial charge is 0.324 e. The lowest BCUT2D eigenvalue weighted by Crippen LogP contribution is -2.22. The van der Waals surface area contributed by atoms with Gasteiger partial charge in [0.2, 0.25) is 5.52 Å². The average Bonchev–Trinajstić information content (AvgIpc) is 3.07. The van der Waals surface area contributed by atoms with Gasteiger partial charge in [0.1, 0.15) is 5.69 Å². The molecule has 0 aliphatic carbocycles. The summed E-state index contributed by atoms with van der Waals surface area (Å²) in [7, 11) is 0. The van der Waals surface area contributed by atoms with Crippen LogP contribution in [0.5, 0.6) is 0 Å². The van der Waals surface area contributed by atoms with Crippen LogP contribution in [-0.2, 0) is 0 Å². The van der Waals surface area contributed by atoms with Gasteiger partial charge in [-0.05, 0) is 54.5 Å². The molecule has 0 unspecified atom stereocenters. The van der Waals surface area contributed by atoms with E-state index in [0.717, 1.165) is 18.8 Å². The van der Waals surface area contributed by atoms with E-state index in [1.807, 2.05) is 18.7 Å². The molecule has 0 atom stereocenters. The molecule has 0 radical (unpaired) electrons. The van der Waals surface area contributed by atoms with Gasteiger partial charge in [-0.3, -0.25) is 10.1 Å². The van der Waals surface area contributed by atoms with Gasteiger partial charge in [-0.25, -0.2) is 4.63 Å². The summed E-state index contributed by atoms with van der Waals surface area (Å²) in [5.74, 6) is 0. The van der Waals surface area contributed by atoms with Gasteiger partial charge in [0.05, 0.1) is 10.6 Å². The molecule has 0 fully saturated rings. The standard InChI is InChI=1S/C16H16ClN5O3/c1-3-21(4-2)13-9-12(18-11-7-5-10(17)6-8-11)16(22(23)24)15-14(13)19-25-20-15/h5-9,18H,3-4H2,1-2H3. The third-order valence-electron chi connectivity index (χ3n) is 3.90. The maximum atomic E-state index is 11.6. The molecule has 9 heteroatoms. The highest BCUT2D eigenvalue weighted by atomic mass is 35.5. The molecule has 0 saturated carbocycles. The molecule has 0 aliphatic heterocycles. The van der Waals surface area contributed by atoms with Crippen molar-refractivity contribution < 1.29 is 9.55 Å². The molecule has 1 heterocycles. The van der Waals surface area contributed by atoms with E-state index in [1.165, 1.54) is 0 Å². The van der Waals surface area contributed by atoms with Crippen LogP contribution in [0.25, 0.3) is 11.0 Å². The summed E-state index contributed by atoms with van der Waals surface area (Å²) in [6, 6.07) is 8.60. The number of benzene rings is 2. The summed E-state index contributed by atoms with van der Waals surface area (Å²) < 4.78 is 4.78. The van der Waals surface area contributed by atoms with Gasteiger partial charge in [-0.2, -0.15) is 0 Å². The van der Waals surface area contributed by atoms with E-state index in [0.29, 0.717) is 21.9 Å². The Morgan fingerprint density at radius 1 is 1.20 bits per heavy atom. The lowest BCUT2D eigenvalue weighted by atomic mass is 10.1. The van der Waals surface area contributed by atoms with Crippen LogP contribution in [0.2, 0.25) is 5.02 Å². The first-order valence-corrected chi connectivity index (χ1v) is 8.14. The summed E-state index contributed by atoms with van der Waals surface area (Å²) in [5, 5.41) is 22.9. The first-order valence-electron chi connectivity index (χ1n) is 7.76. The minimum Gasteiger partial charge on any atom is -0.370 e. The summed E-state index contributed by atoms with van der Waals surface area (Å²) in [5.41, 5.74) is 2.03. The molecule has 2 aromatic carbocycles. The van der Waals surface area contributed by atoms with Crippen LogP contribution in [-0.4, -0.2) is 28.3 Å². The Balaban J connectivity index is 2.19. The minimum absolute atomic E-state index is 0.117. The molecule has 1 N–H and O–H groups in total. The van der Waals surface area contributed by atoms with Crippen molar-refractivity contribution in [3.63, 3.8) is 0 Å². The van der Waals surface area contributed by atoms with E-state index < -0.39 is 4.92 Å². The monoisotopic (exact) mass is 361 g/mol. The molecule has 130 valence electrons. The van der Waals surface area contributed by atoms with Crippen molar-refractivity contribution in [1.82, 2.24) is 10.3 Å². The normalized spacial score (nSPS) is 10.8. The highest BCUT2D eigenvalue weighted by Crippen LogP contribution is 2.39. The number of halogens is 1. The van der Waals surface area contributed by atoms with Gasteiger partial charge in [0.25, 0.3) is 0 Å². The quantitative estimate of drug-likeness (QED) is 0.514. The number of nitro benzene ring substituents is 1. The van der Waals surface area contributed by atoms with Crippen molar-refractivity contribution in [3.8, 4) is 0 Å². The largest absolute Gasteiger partial charge is 0.370 e. The van der Waals surface area contributed by atoms with Crippen molar-refractivity contribution in [2.45, 2.75) is 13.8 Å². The molecule has 3 aromatic rings. The van der Waals surface area contributed by atoms with E-state index in [4.69, 9.17) is 16.2 Å². The lowest BCUT2D eigenvalue weighted by Gasteiger charge is -2.21. The van der Waals surface area contributed by atoms with Crippen LogP contribution < -0.4 is 10.2 Å². The zero-order valence-electron chi connectivity index (χ0n) is 13.7. The Labute approximate surface area is 148 Å². The predicted octanol–water partition coefficient (Wildman–Crippen LogP) is 4.37. The topological polar surface area (TPSA) is 97.3 Å². The number of fused-ring (bicyclic) bond motifs is 1. The third-order valence-corrected chi connectivity index (χ3v) is 4.15. The van der Waals surface area contributed by atoms with Crippen molar-refractivity contribution in [2.75, 3.05) is 23.3 Å². The zero-order valence-corrected chi connectivity index (χ0v) is 14.4. The van der Waals surface area contributed by atoms with Crippen molar-refractivity contribution in [2.24, 2.45) is 0 Å². The number of hydrogen-bond donors (Lipinski definition) is 1. The highest BCUT2D eigenvalue weighted by molar-refractivity contribution is 6.30. The number of nitrogens with zero attached hydrogens (tertiary/aromatic N) is 4. The van der Waals surface area contributed by atoms with Crippen LogP contribution in [0.3, 0.4) is 0 Å². The summed E-state index contributed by atoms with van der Waals surface area (Å²) in [6.07, 6.45) is 0. The van der Waals surface area contributed by atoms with Crippen molar-refractivity contribution in [1.29, 1.82) is 0 Å². The molecule has 3 rings (SSSR count). The van der Waals surface area contributed by atoms with Gasteiger partial charge >= 0.3 is 5.69 Å². The van der Waals surface area contributed by atoms with E-state index >= 15 is 0 Å². The van der Waals surface area contributed by atoms with Gasteiger partial charge in [-0.15, -0.1) is 0 Å². The van der Waals surface area contributed by atoms with E-state index in [9.17, 15) is 10.1 Å². The van der Waals surface area contributed by atoms with E-state index in [-0.39, 0.29) is 11.2 Å². The molecule has 0 spiro atoms. The summed E-state index contributed by atoms with van der Waals surface area (Å²) in [6.45, 7) is 5.43. The van der Waals surface area contributed by atoms with Crippen LogP contribution in [0.1, 0.15) is 13.8 Å². The van der Waals surface area contributed by atoms with Crippen LogP contribution in [0, 0.1) is 10.1 Å². The minimum atomic E-state index is -0.489. The van der Waals surface area contributed by atoms with Gasteiger partial charge in [0.15, 0.2) is 5.52 Å². The molecule has 0 saturated heterocycles. The summed E-state index contributed by atoms with van der Waals surface area (Å²) in [4.78, 5) is 13.2. The Hall–Kier alpha value is -2.87. The fraction of sp³-hybridized carbons (Fsp3) is 0.250. The number of rotatable bonds is 6. The maximum absolute atomic E-state index is 11.6. The first-order chi connectivity index (χ1) is 12.0. The molecule has 1 aromatic heterocycles. The molecule has 0 amide bonds. The second-order valence-electron chi connectivity index (χ2n) is 5.31. The second-order valence-corrected chi connectivity index (χ2v) is 5.75. The first kappa shape index (κ1) is 17.0. The number of anilines is 3. The fourth-order valence-electron chi connectivity index (χ4n) is 2.69. The molecular formula is C16H16ClN5O3. The number of hydrogen-bond acceptors (Lipinski definition) is 7. The fourth-order valence-corrected chi connectivity index (χ4v) is 2.81. The maximum Gasteiger partial charge on any atom is 0.324 e. The summed E-state index contributed by atoms with van der Waals surface area (Å²) >= 11 is 5.89. The second kappa shape index (κ2) is 6.94.